The van der Waals surface area contributed by atoms with E-state index in [0.29, 0.717) is 0 Å². The van der Waals surface area contributed by atoms with Gasteiger partial charge in [-0.05, 0) is 37.4 Å². The van der Waals surface area contributed by atoms with E-state index in [4.69, 9.17) is 5.11 Å². The Bertz CT molecular complexity index is 340. The van der Waals surface area contributed by atoms with E-state index < -0.39 is 12.0 Å². The highest BCUT2D eigenvalue weighted by atomic mass is 16.4. The van der Waals surface area contributed by atoms with E-state index in [2.05, 4.69) is 10.3 Å². The Morgan fingerprint density at radius 1 is 1.60 bits per heavy atom. The van der Waals surface area contributed by atoms with Crippen molar-refractivity contribution in [2.24, 2.45) is 5.92 Å². The van der Waals surface area contributed by atoms with Gasteiger partial charge in [0.2, 0.25) is 0 Å². The molecule has 15 heavy (non-hydrogen) atoms. The third-order valence-corrected chi connectivity index (χ3v) is 2.81. The lowest BCUT2D eigenvalue weighted by molar-refractivity contribution is -0.140. The third-order valence-electron chi connectivity index (χ3n) is 2.81. The molecule has 0 spiro atoms. The van der Waals surface area contributed by atoms with E-state index >= 15 is 0 Å². The van der Waals surface area contributed by atoms with Gasteiger partial charge in [-0.25, -0.2) is 0 Å². The maximum atomic E-state index is 10.9. The van der Waals surface area contributed by atoms with Crippen molar-refractivity contribution in [1.29, 1.82) is 0 Å². The van der Waals surface area contributed by atoms with Crippen LogP contribution in [-0.2, 0) is 11.2 Å². The Kier molecular flexibility index (Phi) is 2.97. The molecule has 0 saturated carbocycles. The summed E-state index contributed by atoms with van der Waals surface area (Å²) in [5.41, 5.74) is 0.970. The molecule has 2 rings (SSSR count). The summed E-state index contributed by atoms with van der Waals surface area (Å²) in [6, 6.07) is 5.33. The molecule has 1 aromatic heterocycles. The lowest BCUT2D eigenvalue weighted by Crippen LogP contribution is -2.36. The first-order chi connectivity index (χ1) is 7.27. The maximum Gasteiger partial charge on any atom is 0.320 e. The quantitative estimate of drug-likeness (QED) is 0.763. The molecule has 2 heterocycles. The largest absolute Gasteiger partial charge is 0.480 e. The zero-order valence-electron chi connectivity index (χ0n) is 8.39. The minimum atomic E-state index is -0.756. The summed E-state index contributed by atoms with van der Waals surface area (Å²) in [5.74, 6) is -0.592. The van der Waals surface area contributed by atoms with Crippen molar-refractivity contribution >= 4 is 5.97 Å². The Morgan fingerprint density at radius 2 is 2.47 bits per heavy atom. The molecule has 1 aliphatic rings. The number of carbonyl (C=O) groups is 1. The topological polar surface area (TPSA) is 62.2 Å². The molecule has 0 bridgehead atoms. The summed E-state index contributed by atoms with van der Waals surface area (Å²) >= 11 is 0. The summed E-state index contributed by atoms with van der Waals surface area (Å²) in [7, 11) is 0. The second kappa shape index (κ2) is 4.40. The van der Waals surface area contributed by atoms with Gasteiger partial charge in [0.1, 0.15) is 6.04 Å². The zero-order valence-corrected chi connectivity index (χ0v) is 8.39. The van der Waals surface area contributed by atoms with Crippen molar-refractivity contribution in [2.75, 3.05) is 6.54 Å². The molecule has 1 saturated heterocycles. The third kappa shape index (κ3) is 2.33. The molecule has 1 aromatic rings. The van der Waals surface area contributed by atoms with Crippen LogP contribution in [0, 0.1) is 5.92 Å². The molecule has 4 heteroatoms. The van der Waals surface area contributed by atoms with Crippen LogP contribution in [0.5, 0.6) is 0 Å². The average Bonchev–Trinajstić information content (AvgIpc) is 2.67. The fourth-order valence-corrected chi connectivity index (χ4v) is 2.05. The number of nitrogens with one attached hydrogen (secondary N) is 1. The van der Waals surface area contributed by atoms with Gasteiger partial charge in [-0.15, -0.1) is 0 Å². The molecule has 1 unspecified atom stereocenters. The van der Waals surface area contributed by atoms with Crippen LogP contribution in [0.15, 0.2) is 24.4 Å². The fraction of sp³-hybridized carbons (Fsp3) is 0.455. The number of aromatic nitrogens is 1. The SMILES string of the molecule is O=C(O)[C@H]1NCCC1Cc1ccccn1. The standard InChI is InChI=1S/C11H14N2O2/c14-11(15)10-8(4-6-13-10)7-9-3-1-2-5-12-9/h1-3,5,8,10,13H,4,6-7H2,(H,14,15)/t8?,10-/m0/s1. The Labute approximate surface area is 88.3 Å². The van der Waals surface area contributed by atoms with E-state index in [1.54, 1.807) is 6.20 Å². The molecule has 0 amide bonds. The van der Waals surface area contributed by atoms with E-state index in [-0.39, 0.29) is 5.92 Å². The van der Waals surface area contributed by atoms with Gasteiger partial charge in [0.15, 0.2) is 0 Å². The molecule has 0 radical (unpaired) electrons. The second-order valence-electron chi connectivity index (χ2n) is 3.84. The van der Waals surface area contributed by atoms with Gasteiger partial charge in [0, 0.05) is 11.9 Å². The first-order valence-electron chi connectivity index (χ1n) is 5.13. The molecule has 0 aromatic carbocycles. The van der Waals surface area contributed by atoms with Crippen LogP contribution in [0.1, 0.15) is 12.1 Å². The summed E-state index contributed by atoms with van der Waals surface area (Å²) in [6.45, 7) is 0.786. The molecule has 0 aliphatic carbocycles. The summed E-state index contributed by atoms with van der Waals surface area (Å²) in [6.07, 6.45) is 3.39. The zero-order chi connectivity index (χ0) is 10.7. The molecular formula is C11H14N2O2. The molecule has 2 N–H and O–H groups in total. The average molecular weight is 206 g/mol. The second-order valence-corrected chi connectivity index (χ2v) is 3.84. The van der Waals surface area contributed by atoms with Gasteiger partial charge in [0.25, 0.3) is 0 Å². The lowest BCUT2D eigenvalue weighted by Gasteiger charge is -2.14. The van der Waals surface area contributed by atoms with Crippen LogP contribution in [-0.4, -0.2) is 28.6 Å². The van der Waals surface area contributed by atoms with Gasteiger partial charge < -0.3 is 10.4 Å². The first-order valence-corrected chi connectivity index (χ1v) is 5.13. The summed E-state index contributed by atoms with van der Waals surface area (Å²) < 4.78 is 0. The Hall–Kier alpha value is -1.42. The van der Waals surface area contributed by atoms with Gasteiger partial charge in [-0.2, -0.15) is 0 Å². The number of carboxylic acids is 1. The van der Waals surface area contributed by atoms with Crippen molar-refractivity contribution in [3.63, 3.8) is 0 Å². The van der Waals surface area contributed by atoms with E-state index in [0.717, 1.165) is 25.1 Å². The molecular weight excluding hydrogens is 192 g/mol. The Morgan fingerprint density at radius 3 is 3.13 bits per heavy atom. The van der Waals surface area contributed by atoms with Crippen LogP contribution in [0.2, 0.25) is 0 Å². The van der Waals surface area contributed by atoms with Crippen molar-refractivity contribution in [1.82, 2.24) is 10.3 Å². The van der Waals surface area contributed by atoms with Crippen molar-refractivity contribution in [3.8, 4) is 0 Å². The molecule has 80 valence electrons. The van der Waals surface area contributed by atoms with Gasteiger partial charge in [-0.3, -0.25) is 9.78 Å². The van der Waals surface area contributed by atoms with Crippen LogP contribution in [0.25, 0.3) is 0 Å². The van der Waals surface area contributed by atoms with Crippen molar-refractivity contribution in [3.05, 3.63) is 30.1 Å². The molecule has 1 aliphatic heterocycles. The van der Waals surface area contributed by atoms with Gasteiger partial charge in [0.05, 0.1) is 0 Å². The highest BCUT2D eigenvalue weighted by Gasteiger charge is 2.32. The highest BCUT2D eigenvalue weighted by Crippen LogP contribution is 2.19. The predicted molar refractivity (Wildman–Crippen MR) is 55.5 cm³/mol. The van der Waals surface area contributed by atoms with Crippen LogP contribution in [0.4, 0.5) is 0 Å². The van der Waals surface area contributed by atoms with Crippen LogP contribution in [0.3, 0.4) is 0 Å². The smallest absolute Gasteiger partial charge is 0.320 e. The minimum absolute atomic E-state index is 0.164. The lowest BCUT2D eigenvalue weighted by atomic mass is 9.95. The Balaban J connectivity index is 2.03. The van der Waals surface area contributed by atoms with Gasteiger partial charge >= 0.3 is 5.97 Å². The predicted octanol–water partition coefficient (Wildman–Crippen LogP) is 0.687. The van der Waals surface area contributed by atoms with Crippen molar-refractivity contribution in [2.45, 2.75) is 18.9 Å². The van der Waals surface area contributed by atoms with Crippen LogP contribution >= 0.6 is 0 Å². The van der Waals surface area contributed by atoms with E-state index in [9.17, 15) is 4.79 Å². The fourth-order valence-electron chi connectivity index (χ4n) is 2.05. The van der Waals surface area contributed by atoms with Crippen molar-refractivity contribution < 1.29 is 9.90 Å². The van der Waals surface area contributed by atoms with E-state index in [1.807, 2.05) is 18.2 Å². The van der Waals surface area contributed by atoms with E-state index in [1.165, 1.54) is 0 Å². The number of aliphatic carboxylic acids is 1. The van der Waals surface area contributed by atoms with Crippen LogP contribution < -0.4 is 5.32 Å². The summed E-state index contributed by atoms with van der Waals surface area (Å²) in [5, 5.41) is 12.0. The number of pyridine rings is 1. The van der Waals surface area contributed by atoms with Gasteiger partial charge in [-0.1, -0.05) is 6.07 Å². The number of hydrogen-bond acceptors (Lipinski definition) is 3. The molecule has 1 fully saturated rings. The highest BCUT2D eigenvalue weighted by molar-refractivity contribution is 5.74. The first kappa shape index (κ1) is 10.1. The monoisotopic (exact) mass is 206 g/mol. The maximum absolute atomic E-state index is 10.9. The minimum Gasteiger partial charge on any atom is -0.480 e. The number of nitrogens with zero attached hydrogens (tertiary/aromatic N) is 1. The number of hydrogen-bond donors (Lipinski definition) is 2. The number of rotatable bonds is 3. The normalized spacial score (nSPS) is 25.3. The summed E-state index contributed by atoms with van der Waals surface area (Å²) in [4.78, 5) is 15.1. The molecule has 4 nitrogen and oxygen atoms in total. The molecule has 2 atom stereocenters. The number of carboxylic acid groups (broad SMARTS) is 1.